The van der Waals surface area contributed by atoms with Gasteiger partial charge in [0.25, 0.3) is 5.78 Å². The van der Waals surface area contributed by atoms with Crippen LogP contribution < -0.4 is 9.64 Å². The van der Waals surface area contributed by atoms with E-state index in [1.807, 2.05) is 30.3 Å². The standard InChI is InChI=1S/C33H23ClFN3O4S2/c1-19-10-13-22(17-26(19)35)29(39)27-28(21-6-5-9-25(16-21)42-24-7-3-2-4-8-24)38(31(41)30(27)40)32-36-37-33(44-32)43-18-20-11-14-23(34)15-12-20/h2-17,28,39H,18H2,1H3/t28-/m1/s1. The minimum absolute atomic E-state index is 0.0734. The average Bonchev–Trinajstić information content (AvgIpc) is 3.60. The highest BCUT2D eigenvalue weighted by molar-refractivity contribution is 8.00. The minimum Gasteiger partial charge on any atom is -0.507 e. The molecule has 0 aliphatic carbocycles. The summed E-state index contributed by atoms with van der Waals surface area (Å²) < 4.78 is 21.1. The van der Waals surface area contributed by atoms with Gasteiger partial charge in [-0.2, -0.15) is 0 Å². The van der Waals surface area contributed by atoms with Gasteiger partial charge in [0.15, 0.2) is 4.34 Å². The number of carbonyl (C=O) groups is 2. The van der Waals surface area contributed by atoms with E-state index in [4.69, 9.17) is 16.3 Å². The van der Waals surface area contributed by atoms with Gasteiger partial charge >= 0.3 is 5.91 Å². The second-order valence-electron chi connectivity index (χ2n) is 9.89. The lowest BCUT2D eigenvalue weighted by Crippen LogP contribution is -2.29. The molecule has 0 spiro atoms. The fourth-order valence-electron chi connectivity index (χ4n) is 4.70. The first-order valence-corrected chi connectivity index (χ1v) is 15.6. The first kappa shape index (κ1) is 29.6. The molecule has 1 amide bonds. The lowest BCUT2D eigenvalue weighted by molar-refractivity contribution is -0.132. The Balaban J connectivity index is 1.40. The Kier molecular flexibility index (Phi) is 8.47. The first-order chi connectivity index (χ1) is 21.3. The number of carbonyl (C=O) groups excluding carboxylic acids is 2. The topological polar surface area (TPSA) is 92.6 Å². The fourth-order valence-corrected chi connectivity index (χ4v) is 6.65. The van der Waals surface area contributed by atoms with Gasteiger partial charge in [0, 0.05) is 16.3 Å². The number of benzene rings is 4. The van der Waals surface area contributed by atoms with Crippen molar-refractivity contribution in [2.45, 2.75) is 23.1 Å². The van der Waals surface area contributed by atoms with E-state index in [0.717, 1.165) is 23.0 Å². The Morgan fingerprint density at radius 3 is 2.48 bits per heavy atom. The van der Waals surface area contributed by atoms with Crippen molar-refractivity contribution in [3.63, 3.8) is 0 Å². The van der Waals surface area contributed by atoms with Crippen molar-refractivity contribution in [2.24, 2.45) is 0 Å². The summed E-state index contributed by atoms with van der Waals surface area (Å²) in [5.41, 5.74) is 1.77. The maximum absolute atomic E-state index is 14.5. The number of Topliss-reactive ketones (excluding diaryl/α,β-unsaturated/α-hetero) is 1. The largest absolute Gasteiger partial charge is 0.507 e. The van der Waals surface area contributed by atoms with Crippen LogP contribution in [0.3, 0.4) is 0 Å². The number of halogens is 2. The van der Waals surface area contributed by atoms with E-state index < -0.39 is 29.3 Å². The van der Waals surface area contributed by atoms with Crippen LogP contribution in [-0.2, 0) is 15.3 Å². The molecule has 5 aromatic rings. The number of ether oxygens (including phenoxy) is 1. The average molecular weight is 644 g/mol. The Morgan fingerprint density at radius 1 is 0.977 bits per heavy atom. The number of hydrogen-bond acceptors (Lipinski definition) is 8. The van der Waals surface area contributed by atoms with Gasteiger partial charge in [-0.15, -0.1) is 10.2 Å². The van der Waals surface area contributed by atoms with Crippen molar-refractivity contribution >= 4 is 57.3 Å². The Hall–Kier alpha value is -4.51. The molecule has 44 heavy (non-hydrogen) atoms. The number of hydrogen-bond donors (Lipinski definition) is 1. The van der Waals surface area contributed by atoms with Crippen molar-refractivity contribution in [3.8, 4) is 11.5 Å². The molecule has 7 nitrogen and oxygen atoms in total. The molecule has 1 atom stereocenters. The molecule has 0 saturated carbocycles. The molecule has 1 saturated heterocycles. The lowest BCUT2D eigenvalue weighted by atomic mass is 9.95. The molecule has 6 rings (SSSR count). The predicted molar refractivity (Wildman–Crippen MR) is 170 cm³/mol. The van der Waals surface area contributed by atoms with Crippen LogP contribution in [0.1, 0.15) is 28.3 Å². The number of anilines is 1. The van der Waals surface area contributed by atoms with E-state index in [-0.39, 0.29) is 16.3 Å². The third-order valence-electron chi connectivity index (χ3n) is 6.92. The molecule has 1 aliphatic rings. The van der Waals surface area contributed by atoms with Gasteiger partial charge in [-0.1, -0.05) is 89.3 Å². The van der Waals surface area contributed by atoms with Crippen molar-refractivity contribution in [1.82, 2.24) is 10.2 Å². The molecule has 220 valence electrons. The number of thioether (sulfide) groups is 1. The molecule has 1 N–H and O–H groups in total. The number of nitrogens with zero attached hydrogens (tertiary/aromatic N) is 3. The maximum atomic E-state index is 14.5. The number of aryl methyl sites for hydroxylation is 1. The monoisotopic (exact) mass is 643 g/mol. The second kappa shape index (κ2) is 12.6. The van der Waals surface area contributed by atoms with Crippen LogP contribution >= 0.6 is 34.7 Å². The number of ketones is 1. The summed E-state index contributed by atoms with van der Waals surface area (Å²) in [5, 5.41) is 20.7. The van der Waals surface area contributed by atoms with Crippen molar-refractivity contribution < 1.29 is 23.8 Å². The molecule has 0 radical (unpaired) electrons. The van der Waals surface area contributed by atoms with E-state index in [9.17, 15) is 19.1 Å². The molecule has 2 heterocycles. The highest BCUT2D eigenvalue weighted by atomic mass is 35.5. The van der Waals surface area contributed by atoms with E-state index >= 15 is 0 Å². The Bertz CT molecular complexity index is 1900. The molecule has 1 aromatic heterocycles. The fraction of sp³-hybridized carbons (Fsp3) is 0.0909. The minimum atomic E-state index is -1.08. The van der Waals surface area contributed by atoms with Crippen LogP contribution in [0.25, 0.3) is 5.76 Å². The summed E-state index contributed by atoms with van der Waals surface area (Å²) in [6.07, 6.45) is 0. The van der Waals surface area contributed by atoms with Crippen molar-refractivity contribution in [3.05, 3.63) is 136 Å². The van der Waals surface area contributed by atoms with Gasteiger partial charge in [0.1, 0.15) is 23.1 Å². The molecule has 4 aromatic carbocycles. The zero-order valence-corrected chi connectivity index (χ0v) is 25.5. The van der Waals surface area contributed by atoms with Gasteiger partial charge in [-0.05, 0) is 66.1 Å². The zero-order valence-electron chi connectivity index (χ0n) is 23.1. The van der Waals surface area contributed by atoms with E-state index in [2.05, 4.69) is 10.2 Å². The van der Waals surface area contributed by atoms with Gasteiger partial charge in [-0.25, -0.2) is 4.39 Å². The van der Waals surface area contributed by atoms with Gasteiger partial charge in [0.05, 0.1) is 11.6 Å². The molecule has 0 unspecified atom stereocenters. The molecule has 0 bridgehead atoms. The summed E-state index contributed by atoms with van der Waals surface area (Å²) in [4.78, 5) is 28.4. The first-order valence-electron chi connectivity index (χ1n) is 13.4. The molecule has 1 fully saturated rings. The summed E-state index contributed by atoms with van der Waals surface area (Å²) in [6, 6.07) is 26.5. The second-order valence-corrected chi connectivity index (χ2v) is 12.5. The van der Waals surface area contributed by atoms with Gasteiger partial charge < -0.3 is 9.84 Å². The van der Waals surface area contributed by atoms with Crippen molar-refractivity contribution in [2.75, 3.05) is 4.90 Å². The predicted octanol–water partition coefficient (Wildman–Crippen LogP) is 8.35. The molecular weight excluding hydrogens is 621 g/mol. The highest BCUT2D eigenvalue weighted by Crippen LogP contribution is 2.45. The summed E-state index contributed by atoms with van der Waals surface area (Å²) in [6.45, 7) is 1.59. The summed E-state index contributed by atoms with van der Waals surface area (Å²) in [7, 11) is 0. The number of aliphatic hydroxyl groups is 1. The van der Waals surface area contributed by atoms with Crippen LogP contribution in [0.4, 0.5) is 9.52 Å². The summed E-state index contributed by atoms with van der Waals surface area (Å²) in [5.74, 6) is -1.21. The number of para-hydroxylation sites is 1. The normalized spacial score (nSPS) is 16.0. The number of amides is 1. The highest BCUT2D eigenvalue weighted by Gasteiger charge is 2.48. The molecule has 1 aliphatic heterocycles. The third-order valence-corrected chi connectivity index (χ3v) is 9.30. The van der Waals surface area contributed by atoms with Crippen LogP contribution in [0.5, 0.6) is 11.5 Å². The number of aliphatic hydroxyl groups excluding tert-OH is 1. The molecule has 11 heteroatoms. The van der Waals surface area contributed by atoms with E-state index in [0.29, 0.717) is 37.7 Å². The summed E-state index contributed by atoms with van der Waals surface area (Å²) >= 11 is 8.57. The zero-order chi connectivity index (χ0) is 30.8. The quantitative estimate of drug-likeness (QED) is 0.0597. The Labute approximate surface area is 265 Å². The van der Waals surface area contributed by atoms with Crippen LogP contribution in [-0.4, -0.2) is 27.0 Å². The maximum Gasteiger partial charge on any atom is 0.301 e. The Morgan fingerprint density at radius 2 is 1.73 bits per heavy atom. The van der Waals surface area contributed by atoms with Gasteiger partial charge in [0.2, 0.25) is 5.13 Å². The van der Waals surface area contributed by atoms with Crippen LogP contribution in [0.2, 0.25) is 5.02 Å². The number of rotatable bonds is 8. The van der Waals surface area contributed by atoms with E-state index in [1.165, 1.54) is 28.8 Å². The SMILES string of the molecule is Cc1ccc(C(O)=C2C(=O)C(=O)N(c3nnc(SCc4ccc(Cl)cc4)s3)[C@@H]2c2cccc(Oc3ccccc3)c2)cc1F. The smallest absolute Gasteiger partial charge is 0.301 e. The number of aromatic nitrogens is 2. The molecular formula is C33H23ClFN3O4S2. The lowest BCUT2D eigenvalue weighted by Gasteiger charge is -2.23. The van der Waals surface area contributed by atoms with Gasteiger partial charge in [-0.3, -0.25) is 14.5 Å². The third kappa shape index (κ3) is 6.10. The van der Waals surface area contributed by atoms with Crippen LogP contribution in [0.15, 0.2) is 107 Å². The van der Waals surface area contributed by atoms with Crippen LogP contribution in [0, 0.1) is 12.7 Å². The van der Waals surface area contributed by atoms with Crippen molar-refractivity contribution in [1.29, 1.82) is 0 Å². The van der Waals surface area contributed by atoms with E-state index in [1.54, 1.807) is 55.5 Å².